The molecule has 11 unspecified atom stereocenters. The van der Waals surface area contributed by atoms with Crippen molar-refractivity contribution in [2.75, 3.05) is 33.0 Å². The van der Waals surface area contributed by atoms with Crippen LogP contribution in [0.25, 0.3) is 0 Å². The molecule has 0 aromatic rings. The first-order valence-electron chi connectivity index (χ1n) is 34.5. The molecule has 0 saturated carbocycles. The summed E-state index contributed by atoms with van der Waals surface area (Å²) < 4.78 is 34.6. The van der Waals surface area contributed by atoms with Crippen LogP contribution < -0.4 is 0 Å². The van der Waals surface area contributed by atoms with Gasteiger partial charge in [0.2, 0.25) is 0 Å². The molecule has 85 heavy (non-hydrogen) atoms. The average Bonchev–Trinajstić information content (AvgIpc) is 2.82. The van der Waals surface area contributed by atoms with E-state index in [0.29, 0.717) is 13.0 Å². The molecule has 2 heterocycles. The van der Waals surface area contributed by atoms with Gasteiger partial charge in [-0.1, -0.05) is 254 Å². The number of aliphatic hydroxyl groups excluding tert-OH is 7. The van der Waals surface area contributed by atoms with Crippen molar-refractivity contribution >= 4 is 5.97 Å². The predicted octanol–water partition coefficient (Wildman–Crippen LogP) is 14.5. The maximum Gasteiger partial charge on any atom is 0.306 e. The summed E-state index contributed by atoms with van der Waals surface area (Å²) in [6, 6.07) is 0. The van der Waals surface area contributed by atoms with E-state index in [1.54, 1.807) is 0 Å². The van der Waals surface area contributed by atoms with Crippen LogP contribution in [0.2, 0.25) is 0 Å². The molecule has 14 nitrogen and oxygen atoms in total. The number of hydrogen-bond acceptors (Lipinski definition) is 14. The van der Waals surface area contributed by atoms with Crippen LogP contribution >= 0.6 is 0 Å². The molecule has 2 fully saturated rings. The summed E-state index contributed by atoms with van der Waals surface area (Å²) in [5, 5.41) is 72.6. The van der Waals surface area contributed by atoms with E-state index < -0.39 is 80.7 Å². The largest absolute Gasteiger partial charge is 0.457 e. The van der Waals surface area contributed by atoms with Crippen LogP contribution in [-0.4, -0.2) is 142 Å². The van der Waals surface area contributed by atoms with Gasteiger partial charge >= 0.3 is 5.97 Å². The van der Waals surface area contributed by atoms with Crippen molar-refractivity contribution in [3.8, 4) is 0 Å². The van der Waals surface area contributed by atoms with Crippen molar-refractivity contribution in [1.82, 2.24) is 0 Å². The number of unbranched alkanes of at least 4 members (excludes halogenated alkanes) is 31. The number of rotatable bonds is 57. The van der Waals surface area contributed by atoms with Crippen molar-refractivity contribution in [2.45, 2.75) is 338 Å². The molecule has 2 rings (SSSR count). The van der Waals surface area contributed by atoms with Gasteiger partial charge in [-0.3, -0.25) is 4.79 Å². The van der Waals surface area contributed by atoms with Crippen LogP contribution in [0.3, 0.4) is 0 Å². The Kier molecular flexibility index (Phi) is 52.3. The molecule has 2 saturated heterocycles. The molecule has 14 heteroatoms. The van der Waals surface area contributed by atoms with E-state index in [1.807, 2.05) is 0 Å². The lowest BCUT2D eigenvalue weighted by Gasteiger charge is -2.42. The lowest BCUT2D eigenvalue weighted by molar-refractivity contribution is -0.332. The van der Waals surface area contributed by atoms with Crippen molar-refractivity contribution in [3.63, 3.8) is 0 Å². The van der Waals surface area contributed by atoms with E-state index in [1.165, 1.54) is 167 Å². The standard InChI is InChI=1S/C71H126O14/c1-3-5-7-9-11-13-15-17-19-21-23-25-27-29-31-33-35-37-39-41-43-45-47-49-51-53-55-80-57-60(58-81-70-69(79)67(77)65(75)62(85-70)59-82-71-68(78)66(76)64(74)61(56-72)84-71)83-63(73)54-52-50-48-46-44-42-40-38-36-34-32-30-28-26-24-22-20-18-16-14-12-10-8-6-4-2/h5,7,11,13,17,19,22-25,29,31,60-62,64-72,74-79H,3-4,6,8-10,12,14-16,18,20-21,26-28,30,32-59H2,1-2H3/b7-5-,13-11-,19-17-,24-22-,25-23-,31-29-. The van der Waals surface area contributed by atoms with E-state index in [4.69, 9.17) is 28.4 Å². The topological polar surface area (TPSA) is 214 Å². The third kappa shape index (κ3) is 42.1. The molecule has 0 aromatic heterocycles. The Morgan fingerprint density at radius 1 is 0.400 bits per heavy atom. The second-order valence-electron chi connectivity index (χ2n) is 24.0. The molecular weight excluding hydrogens is 1080 g/mol. The van der Waals surface area contributed by atoms with Crippen molar-refractivity contribution in [3.05, 3.63) is 72.9 Å². The van der Waals surface area contributed by atoms with Gasteiger partial charge in [-0.2, -0.15) is 0 Å². The minimum atomic E-state index is -1.71. The molecule has 0 aliphatic carbocycles. The molecule has 0 spiro atoms. The smallest absolute Gasteiger partial charge is 0.306 e. The third-order valence-corrected chi connectivity index (χ3v) is 16.2. The minimum absolute atomic E-state index is 0.0571. The quantitative estimate of drug-likeness (QED) is 0.0171. The summed E-state index contributed by atoms with van der Waals surface area (Å²) in [7, 11) is 0. The molecule has 2 aliphatic rings. The summed E-state index contributed by atoms with van der Waals surface area (Å²) in [6.45, 7) is 3.60. The van der Waals surface area contributed by atoms with Gasteiger partial charge in [-0.05, 0) is 83.5 Å². The lowest BCUT2D eigenvalue weighted by Crippen LogP contribution is -2.61. The zero-order valence-electron chi connectivity index (χ0n) is 53.6. The fourth-order valence-corrected chi connectivity index (χ4v) is 10.7. The summed E-state index contributed by atoms with van der Waals surface area (Å²) >= 11 is 0. The normalized spacial score (nSPS) is 23.6. The van der Waals surface area contributed by atoms with Crippen LogP contribution in [0.15, 0.2) is 72.9 Å². The van der Waals surface area contributed by atoms with Gasteiger partial charge in [0.25, 0.3) is 0 Å². The number of esters is 1. The monoisotopic (exact) mass is 1200 g/mol. The molecule has 2 aliphatic heterocycles. The Hall–Kier alpha value is -2.57. The van der Waals surface area contributed by atoms with E-state index in [9.17, 15) is 40.5 Å². The number of ether oxygens (including phenoxy) is 6. The molecule has 11 atom stereocenters. The van der Waals surface area contributed by atoms with Gasteiger partial charge in [0.05, 0.1) is 26.4 Å². The third-order valence-electron chi connectivity index (χ3n) is 16.2. The molecule has 0 aromatic carbocycles. The number of hydrogen-bond donors (Lipinski definition) is 7. The van der Waals surface area contributed by atoms with E-state index >= 15 is 0 Å². The number of allylic oxidation sites excluding steroid dienone is 12. The second-order valence-corrected chi connectivity index (χ2v) is 24.0. The highest BCUT2D eigenvalue weighted by atomic mass is 16.7. The molecule has 494 valence electrons. The molecule has 0 amide bonds. The van der Waals surface area contributed by atoms with Gasteiger partial charge in [0, 0.05) is 13.0 Å². The van der Waals surface area contributed by atoms with Crippen LogP contribution in [0.1, 0.15) is 271 Å². The van der Waals surface area contributed by atoms with Crippen molar-refractivity contribution in [1.29, 1.82) is 0 Å². The molecular formula is C71H126O14. The Balaban J connectivity index is 1.65. The molecule has 7 N–H and O–H groups in total. The van der Waals surface area contributed by atoms with Crippen LogP contribution in [0.4, 0.5) is 0 Å². The number of carbonyl (C=O) groups is 1. The highest BCUT2D eigenvalue weighted by Gasteiger charge is 2.47. The van der Waals surface area contributed by atoms with Gasteiger partial charge in [0.15, 0.2) is 12.6 Å². The van der Waals surface area contributed by atoms with Crippen LogP contribution in [0.5, 0.6) is 0 Å². The lowest BCUT2D eigenvalue weighted by atomic mass is 9.98. The first-order valence-corrected chi connectivity index (χ1v) is 34.5. The van der Waals surface area contributed by atoms with Gasteiger partial charge in [-0.15, -0.1) is 0 Å². The van der Waals surface area contributed by atoms with Crippen LogP contribution in [-0.2, 0) is 33.2 Å². The summed E-state index contributed by atoms with van der Waals surface area (Å²) in [6.07, 6.45) is 58.3. The highest BCUT2D eigenvalue weighted by Crippen LogP contribution is 2.27. The second kappa shape index (κ2) is 56.6. The first kappa shape index (κ1) is 78.5. The molecule has 0 bridgehead atoms. The zero-order valence-corrected chi connectivity index (χ0v) is 53.6. The number of aliphatic hydroxyl groups is 7. The summed E-state index contributed by atoms with van der Waals surface area (Å²) in [4.78, 5) is 13.2. The van der Waals surface area contributed by atoms with E-state index in [0.717, 1.165) is 77.0 Å². The maximum atomic E-state index is 13.2. The highest BCUT2D eigenvalue weighted by molar-refractivity contribution is 5.69. The Morgan fingerprint density at radius 3 is 1.21 bits per heavy atom. The zero-order chi connectivity index (χ0) is 61.5. The van der Waals surface area contributed by atoms with Crippen LogP contribution in [0, 0.1) is 0 Å². The SMILES string of the molecule is CC/C=C\C/C=C\C/C=C\C/C=C\C/C=C\CCCCCCCCCCCCOCC(COC1OC(COC2OC(CO)C(O)C(O)C2O)C(O)C(O)C1O)OC(=O)CCCCCCCCCCCCCCC/C=C\CCCCCCCCCC. The van der Waals surface area contributed by atoms with Gasteiger partial charge in [-0.25, -0.2) is 0 Å². The Morgan fingerprint density at radius 2 is 0.765 bits per heavy atom. The van der Waals surface area contributed by atoms with Gasteiger partial charge < -0.3 is 64.2 Å². The first-order chi connectivity index (χ1) is 41.6. The minimum Gasteiger partial charge on any atom is -0.457 e. The summed E-state index contributed by atoms with van der Waals surface area (Å²) in [5.74, 6) is -0.376. The van der Waals surface area contributed by atoms with E-state index in [-0.39, 0.29) is 25.6 Å². The fourth-order valence-electron chi connectivity index (χ4n) is 10.7. The molecule has 0 radical (unpaired) electrons. The van der Waals surface area contributed by atoms with Crippen molar-refractivity contribution < 1.29 is 69.0 Å². The summed E-state index contributed by atoms with van der Waals surface area (Å²) in [5.41, 5.74) is 0. The van der Waals surface area contributed by atoms with Gasteiger partial charge in [0.1, 0.15) is 54.9 Å². The van der Waals surface area contributed by atoms with Crippen molar-refractivity contribution in [2.24, 2.45) is 0 Å². The Bertz CT molecular complexity index is 1680. The predicted molar refractivity (Wildman–Crippen MR) is 344 cm³/mol. The number of carbonyl (C=O) groups excluding carboxylic acids is 1. The fraction of sp³-hybridized carbons (Fsp3) is 0.817. The average molecular weight is 1200 g/mol. The maximum absolute atomic E-state index is 13.2. The van der Waals surface area contributed by atoms with E-state index in [2.05, 4.69) is 86.8 Å². The Labute approximate surface area is 517 Å².